The Bertz CT molecular complexity index is 3000. The number of phenols is 6. The smallest absolute Gasteiger partial charge is 0.402 e. The van der Waals surface area contributed by atoms with Crippen molar-refractivity contribution < 1.29 is 134 Å². The largest absolute Gasteiger partial charge is 0.508 e. The van der Waals surface area contributed by atoms with Crippen LogP contribution in [0.1, 0.15) is 11.1 Å². The molecule has 0 amide bonds. The first-order valence-electron chi connectivity index (χ1n) is 23.5. The SMILES string of the molecule is O=C(/C=C/c1ccc(O)cc1)OCC1O[C@@H](Oc2cc(-c3[o+]c4cc(O)cc(O[C@@H]5OC(COC(=O)/C=C/c6ccc(O)c(O)c6)[C@@H](O)[C@H](O)C5O)c4cc3O[C@@H]3OC(CO)[C@@H](O)[C@H](O)C3O)cc(O)c2O)C(O)[C@@H](O)[C@@H]1O. The normalized spacial score (nSPS) is 29.3. The third-order valence-electron chi connectivity index (χ3n) is 12.5. The molecule has 0 bridgehead atoms. The number of ether oxygens (including phenoxy) is 8. The van der Waals surface area contributed by atoms with E-state index in [0.29, 0.717) is 11.1 Å². The van der Waals surface area contributed by atoms with Crippen LogP contribution in [0.4, 0.5) is 0 Å². The number of hydrogen-bond acceptors (Lipinski definition) is 26. The summed E-state index contributed by atoms with van der Waals surface area (Å²) in [4.78, 5) is 25.1. The average molecular weight is 1100 g/mol. The van der Waals surface area contributed by atoms with Crippen molar-refractivity contribution >= 4 is 35.1 Å². The number of esters is 2. The van der Waals surface area contributed by atoms with Crippen LogP contribution >= 0.6 is 0 Å². The molecule has 3 aliphatic heterocycles. The second kappa shape index (κ2) is 24.0. The molecule has 0 aliphatic carbocycles. The molecule has 78 heavy (non-hydrogen) atoms. The summed E-state index contributed by atoms with van der Waals surface area (Å²) in [5.74, 6) is -7.47. The van der Waals surface area contributed by atoms with Crippen LogP contribution in [0.25, 0.3) is 34.4 Å². The lowest BCUT2D eigenvalue weighted by Crippen LogP contribution is -2.60. The van der Waals surface area contributed by atoms with Crippen LogP contribution in [0.3, 0.4) is 0 Å². The van der Waals surface area contributed by atoms with E-state index in [4.69, 9.17) is 42.3 Å². The van der Waals surface area contributed by atoms with Crippen LogP contribution < -0.4 is 14.2 Å². The van der Waals surface area contributed by atoms with E-state index in [2.05, 4.69) is 0 Å². The van der Waals surface area contributed by atoms with Crippen molar-refractivity contribution in [1.82, 2.24) is 0 Å². The van der Waals surface area contributed by atoms with Crippen molar-refractivity contribution in [3.05, 3.63) is 96.1 Å². The second-order valence-corrected chi connectivity index (χ2v) is 18.0. The molecule has 3 aliphatic rings. The topological polar surface area (TPSA) is 443 Å². The summed E-state index contributed by atoms with van der Waals surface area (Å²) in [6.07, 6.45) is -23.7. The maximum absolute atomic E-state index is 12.6. The Morgan fingerprint density at radius 1 is 0.487 bits per heavy atom. The van der Waals surface area contributed by atoms with E-state index in [9.17, 15) is 91.3 Å². The molecule has 27 nitrogen and oxygen atoms in total. The summed E-state index contributed by atoms with van der Waals surface area (Å²) in [6, 6.07) is 14.5. The third-order valence-corrected chi connectivity index (χ3v) is 12.5. The quantitative estimate of drug-likeness (QED) is 0.0236. The summed E-state index contributed by atoms with van der Waals surface area (Å²) < 4.78 is 51.2. The first kappa shape index (κ1) is 56.6. The summed E-state index contributed by atoms with van der Waals surface area (Å²) >= 11 is 0. The van der Waals surface area contributed by atoms with Gasteiger partial charge in [-0.05, 0) is 47.5 Å². The number of hydrogen-bond donors (Lipinski definition) is 16. The van der Waals surface area contributed by atoms with Gasteiger partial charge in [0.25, 0.3) is 0 Å². The Hall–Kier alpha value is -7.61. The van der Waals surface area contributed by atoms with Crippen LogP contribution in [0.5, 0.6) is 51.7 Å². The Balaban J connectivity index is 1.08. The first-order chi connectivity index (χ1) is 37.1. The zero-order valence-corrected chi connectivity index (χ0v) is 40.2. The summed E-state index contributed by atoms with van der Waals surface area (Å²) in [6.45, 7) is -2.34. The molecule has 3 fully saturated rings. The summed E-state index contributed by atoms with van der Waals surface area (Å²) in [5, 5.41) is 169. The van der Waals surface area contributed by atoms with Gasteiger partial charge in [-0.3, -0.25) is 0 Å². The molecular formula is C51H53O27+. The van der Waals surface area contributed by atoms with E-state index in [0.717, 1.165) is 48.6 Å². The molecule has 5 aromatic rings. The van der Waals surface area contributed by atoms with Gasteiger partial charge in [-0.2, -0.15) is 0 Å². The molecule has 6 unspecified atom stereocenters. The Morgan fingerprint density at radius 3 is 1.54 bits per heavy atom. The minimum atomic E-state index is -2.07. The zero-order chi connectivity index (χ0) is 56.3. The standard InChI is InChI=1S/C51H52O27/c52-17-33-39(61)42(64)45(67)51(76-33)75-32-16-25-29(14-24(54)15-30(25)73-49-46(68)43(65)40(62)34(77-49)18-71-37(59)10-5-21-3-8-26(55)27(56)11-21)72-48(32)22-12-28(57)38(60)31(13-22)74-50-47(69)44(66)41(63)35(78-50)19-70-36(58)9-4-20-1-6-23(53)7-2-20/h1-16,33-35,39-47,49-52,61-69H,17-19H2,(H5-,53,54,55,56,57,58,59,60)/p+1/t33?,34?,35?,39-,40-,41-,42+,43+,44+,45?,46?,47?,49-,50-,51-/m1/s1. The lowest BCUT2D eigenvalue weighted by atomic mass is 9.99. The van der Waals surface area contributed by atoms with Crippen molar-refractivity contribution in [3.8, 4) is 63.1 Å². The molecule has 0 spiro atoms. The van der Waals surface area contributed by atoms with Gasteiger partial charge in [0.1, 0.15) is 109 Å². The number of phenolic OH excluding ortho intramolecular Hbond substituents is 6. The number of rotatable bonds is 16. The molecular weight excluding hydrogens is 1040 g/mol. The molecule has 16 N–H and O–H groups in total. The van der Waals surface area contributed by atoms with Gasteiger partial charge in [0, 0.05) is 36.4 Å². The molecule has 27 heteroatoms. The fraction of sp³-hybridized carbons (Fsp3) is 0.353. The van der Waals surface area contributed by atoms with E-state index < -0.39 is 176 Å². The highest BCUT2D eigenvalue weighted by Crippen LogP contribution is 2.47. The number of fused-ring (bicyclic) bond motifs is 1. The Morgan fingerprint density at radius 2 is 0.987 bits per heavy atom. The highest BCUT2D eigenvalue weighted by molar-refractivity contribution is 5.90. The molecule has 8 rings (SSSR count). The Kier molecular flexibility index (Phi) is 17.4. The van der Waals surface area contributed by atoms with Crippen LogP contribution in [0, 0.1) is 0 Å². The van der Waals surface area contributed by atoms with Gasteiger partial charge in [-0.15, -0.1) is 0 Å². The maximum atomic E-state index is 12.6. The average Bonchev–Trinajstić information content (AvgIpc) is 3.41. The van der Waals surface area contributed by atoms with Crippen LogP contribution in [-0.4, -0.2) is 206 Å². The first-order valence-corrected chi connectivity index (χ1v) is 23.5. The van der Waals surface area contributed by atoms with Gasteiger partial charge in [0.2, 0.25) is 30.4 Å². The van der Waals surface area contributed by atoms with Crippen molar-refractivity contribution in [2.24, 2.45) is 0 Å². The molecule has 4 heterocycles. The van der Waals surface area contributed by atoms with E-state index in [1.54, 1.807) is 0 Å². The van der Waals surface area contributed by atoms with Gasteiger partial charge in [0.15, 0.2) is 23.0 Å². The molecule has 3 saturated heterocycles. The predicted molar refractivity (Wildman–Crippen MR) is 258 cm³/mol. The maximum Gasteiger partial charge on any atom is 0.402 e. The number of aromatic hydroxyl groups is 6. The molecule has 0 saturated carbocycles. The summed E-state index contributed by atoms with van der Waals surface area (Å²) in [7, 11) is 0. The number of aliphatic hydroxyl groups is 10. The number of carbonyl (C=O) groups excluding carboxylic acids is 2. The van der Waals surface area contributed by atoms with Crippen molar-refractivity contribution in [3.63, 3.8) is 0 Å². The van der Waals surface area contributed by atoms with Crippen LogP contribution in [0.2, 0.25) is 0 Å². The predicted octanol–water partition coefficient (Wildman–Crippen LogP) is -1.32. The molecule has 418 valence electrons. The van der Waals surface area contributed by atoms with Crippen LogP contribution in [-0.2, 0) is 33.3 Å². The van der Waals surface area contributed by atoms with E-state index >= 15 is 0 Å². The van der Waals surface area contributed by atoms with Crippen LogP contribution in [0.15, 0.2) is 89.4 Å². The molecule has 4 aromatic carbocycles. The fourth-order valence-electron chi connectivity index (χ4n) is 8.20. The van der Waals surface area contributed by atoms with Crippen molar-refractivity contribution in [2.75, 3.05) is 19.8 Å². The fourth-order valence-corrected chi connectivity index (χ4v) is 8.20. The summed E-state index contributed by atoms with van der Waals surface area (Å²) in [5.41, 5.74) is 0.187. The van der Waals surface area contributed by atoms with E-state index in [1.165, 1.54) is 48.6 Å². The van der Waals surface area contributed by atoms with Crippen molar-refractivity contribution in [1.29, 1.82) is 0 Å². The number of benzene rings is 4. The van der Waals surface area contributed by atoms with Gasteiger partial charge in [0.05, 0.1) is 18.2 Å². The zero-order valence-electron chi connectivity index (χ0n) is 40.2. The lowest BCUT2D eigenvalue weighted by Gasteiger charge is -2.40. The van der Waals surface area contributed by atoms with Gasteiger partial charge in [-0.1, -0.05) is 18.2 Å². The lowest BCUT2D eigenvalue weighted by molar-refractivity contribution is -0.278. The minimum Gasteiger partial charge on any atom is -0.508 e. The number of aliphatic hydroxyl groups excluding tert-OH is 10. The van der Waals surface area contributed by atoms with Gasteiger partial charge < -0.3 is 120 Å². The van der Waals surface area contributed by atoms with E-state index in [1.807, 2.05) is 0 Å². The van der Waals surface area contributed by atoms with Crippen molar-refractivity contribution in [2.45, 2.75) is 92.1 Å². The third kappa shape index (κ3) is 12.5. The molecule has 1 aromatic heterocycles. The highest BCUT2D eigenvalue weighted by atomic mass is 16.7. The Labute approximate surface area is 438 Å². The van der Waals surface area contributed by atoms with Gasteiger partial charge >= 0.3 is 23.3 Å². The van der Waals surface area contributed by atoms with Gasteiger partial charge in [-0.25, -0.2) is 14.0 Å². The highest BCUT2D eigenvalue weighted by Gasteiger charge is 2.49. The molecule has 0 radical (unpaired) electrons. The second-order valence-electron chi connectivity index (χ2n) is 18.0. The van der Waals surface area contributed by atoms with E-state index in [-0.39, 0.29) is 22.3 Å². The number of carbonyl (C=O) groups is 2. The minimum absolute atomic E-state index is 0.0113. The molecule has 15 atom stereocenters. The monoisotopic (exact) mass is 1100 g/mol.